The molecule has 0 unspecified atom stereocenters. The molecule has 1 aromatic heterocycles. The molecule has 0 aliphatic carbocycles. The molecule has 2 rings (SSSR count). The fourth-order valence-electron chi connectivity index (χ4n) is 1.56. The Balaban J connectivity index is 1.93. The molecule has 0 aliphatic heterocycles. The van der Waals surface area contributed by atoms with Gasteiger partial charge in [0.05, 0.1) is 34.0 Å². The molecule has 1 aromatic carbocycles. The van der Waals surface area contributed by atoms with Crippen molar-refractivity contribution in [1.29, 1.82) is 0 Å². The highest BCUT2D eigenvalue weighted by molar-refractivity contribution is 6.43. The smallest absolute Gasteiger partial charge is 0.252 e. The van der Waals surface area contributed by atoms with E-state index in [1.54, 1.807) is 35.3 Å². The van der Waals surface area contributed by atoms with Gasteiger partial charge < -0.3 is 11.1 Å². The molecule has 0 bridgehead atoms. The zero-order valence-electron chi connectivity index (χ0n) is 9.94. The van der Waals surface area contributed by atoms with E-state index in [4.69, 9.17) is 28.9 Å². The summed E-state index contributed by atoms with van der Waals surface area (Å²) in [6.07, 6.45) is 3.24. The number of nitrogens with two attached hydrogens (primary N) is 1. The molecule has 5 nitrogen and oxygen atoms in total. The summed E-state index contributed by atoms with van der Waals surface area (Å²) in [5, 5.41) is 7.36. The van der Waals surface area contributed by atoms with Crippen molar-refractivity contribution >= 4 is 34.8 Å². The minimum atomic E-state index is -0.271. The normalized spacial score (nSPS) is 10.4. The fraction of sp³-hybridized carbons (Fsp3) is 0.167. The van der Waals surface area contributed by atoms with Crippen molar-refractivity contribution in [2.75, 3.05) is 12.3 Å². The zero-order chi connectivity index (χ0) is 13.8. The van der Waals surface area contributed by atoms with Crippen LogP contribution in [0.5, 0.6) is 0 Å². The van der Waals surface area contributed by atoms with Gasteiger partial charge in [0.1, 0.15) is 0 Å². The standard InChI is InChI=1S/C12H12Cl2N4O/c13-10-3-1-2-9(11(10)14)12(19)16-4-5-18-7-8(15)6-17-18/h1-3,6-7H,4-5,15H2,(H,16,19). The van der Waals surface area contributed by atoms with Gasteiger partial charge in [0, 0.05) is 12.7 Å². The van der Waals surface area contributed by atoms with Gasteiger partial charge in [-0.2, -0.15) is 5.10 Å². The quantitative estimate of drug-likeness (QED) is 0.909. The van der Waals surface area contributed by atoms with E-state index in [-0.39, 0.29) is 10.9 Å². The maximum Gasteiger partial charge on any atom is 0.252 e. The molecule has 2 aromatic rings. The summed E-state index contributed by atoms with van der Waals surface area (Å²) in [4.78, 5) is 11.9. The highest BCUT2D eigenvalue weighted by atomic mass is 35.5. The van der Waals surface area contributed by atoms with Crippen LogP contribution in [0.15, 0.2) is 30.6 Å². The van der Waals surface area contributed by atoms with Crippen LogP contribution in [-0.2, 0) is 6.54 Å². The Labute approximate surface area is 120 Å². The van der Waals surface area contributed by atoms with Crippen molar-refractivity contribution in [3.63, 3.8) is 0 Å². The first-order chi connectivity index (χ1) is 9.08. The molecule has 0 atom stereocenters. The van der Waals surface area contributed by atoms with Crippen molar-refractivity contribution in [3.05, 3.63) is 46.2 Å². The molecule has 3 N–H and O–H groups in total. The Hall–Kier alpha value is -1.72. The number of hydrogen-bond donors (Lipinski definition) is 2. The number of nitrogens with zero attached hydrogens (tertiary/aromatic N) is 2. The van der Waals surface area contributed by atoms with Gasteiger partial charge in [-0.1, -0.05) is 29.3 Å². The maximum atomic E-state index is 11.9. The van der Waals surface area contributed by atoms with Crippen LogP contribution in [-0.4, -0.2) is 22.2 Å². The first-order valence-electron chi connectivity index (χ1n) is 5.58. The molecule has 1 heterocycles. The van der Waals surface area contributed by atoms with E-state index in [9.17, 15) is 4.79 Å². The summed E-state index contributed by atoms with van der Waals surface area (Å²) in [6, 6.07) is 4.93. The third-order valence-corrected chi connectivity index (χ3v) is 3.29. The predicted molar refractivity (Wildman–Crippen MR) is 75.4 cm³/mol. The highest BCUT2D eigenvalue weighted by Gasteiger charge is 2.11. The van der Waals surface area contributed by atoms with E-state index in [0.717, 1.165) is 0 Å². The third-order valence-electron chi connectivity index (χ3n) is 2.48. The van der Waals surface area contributed by atoms with Crippen molar-refractivity contribution in [3.8, 4) is 0 Å². The van der Waals surface area contributed by atoms with Gasteiger partial charge in [-0.05, 0) is 12.1 Å². The molecule has 0 fully saturated rings. The number of benzene rings is 1. The van der Waals surface area contributed by atoms with Crippen molar-refractivity contribution < 1.29 is 4.79 Å². The molecule has 0 radical (unpaired) electrons. The topological polar surface area (TPSA) is 72.9 Å². The predicted octanol–water partition coefficient (Wildman–Crippen LogP) is 2.20. The Morgan fingerprint density at radius 1 is 1.42 bits per heavy atom. The van der Waals surface area contributed by atoms with E-state index < -0.39 is 0 Å². The molecule has 19 heavy (non-hydrogen) atoms. The molecular weight excluding hydrogens is 287 g/mol. The van der Waals surface area contributed by atoms with Crippen LogP contribution in [0.25, 0.3) is 0 Å². The number of hydrogen-bond acceptors (Lipinski definition) is 3. The fourth-order valence-corrected chi connectivity index (χ4v) is 1.95. The monoisotopic (exact) mass is 298 g/mol. The molecule has 0 spiro atoms. The van der Waals surface area contributed by atoms with Gasteiger partial charge in [0.25, 0.3) is 5.91 Å². The molecular formula is C12H12Cl2N4O. The number of nitrogen functional groups attached to an aromatic ring is 1. The van der Waals surface area contributed by atoms with Crippen LogP contribution in [0.1, 0.15) is 10.4 Å². The summed E-state index contributed by atoms with van der Waals surface area (Å²) in [7, 11) is 0. The zero-order valence-corrected chi connectivity index (χ0v) is 11.4. The molecule has 1 amide bonds. The van der Waals surface area contributed by atoms with Gasteiger partial charge in [0.2, 0.25) is 0 Å². The van der Waals surface area contributed by atoms with E-state index >= 15 is 0 Å². The van der Waals surface area contributed by atoms with Crippen LogP contribution in [0, 0.1) is 0 Å². The molecule has 0 saturated carbocycles. The number of rotatable bonds is 4. The van der Waals surface area contributed by atoms with Gasteiger partial charge in [-0.15, -0.1) is 0 Å². The summed E-state index contributed by atoms with van der Waals surface area (Å²) in [5.74, 6) is -0.271. The Morgan fingerprint density at radius 2 is 2.21 bits per heavy atom. The SMILES string of the molecule is Nc1cnn(CCNC(=O)c2cccc(Cl)c2Cl)c1. The van der Waals surface area contributed by atoms with E-state index in [2.05, 4.69) is 10.4 Å². The second kappa shape index (κ2) is 5.95. The van der Waals surface area contributed by atoms with Crippen LogP contribution in [0.2, 0.25) is 10.0 Å². The summed E-state index contributed by atoms with van der Waals surface area (Å²) >= 11 is 11.8. The van der Waals surface area contributed by atoms with Gasteiger partial charge in [0.15, 0.2) is 0 Å². The summed E-state index contributed by atoms with van der Waals surface area (Å²) in [6.45, 7) is 0.948. The second-order valence-corrected chi connectivity index (χ2v) is 4.68. The van der Waals surface area contributed by atoms with Crippen molar-refractivity contribution in [2.45, 2.75) is 6.54 Å². The van der Waals surface area contributed by atoms with E-state index in [1.165, 1.54) is 0 Å². The molecule has 0 saturated heterocycles. The average Bonchev–Trinajstić information content (AvgIpc) is 2.78. The number of carbonyl (C=O) groups is 1. The number of amides is 1. The minimum absolute atomic E-state index is 0.255. The van der Waals surface area contributed by atoms with Gasteiger partial charge >= 0.3 is 0 Å². The lowest BCUT2D eigenvalue weighted by atomic mass is 10.2. The van der Waals surface area contributed by atoms with Crippen LogP contribution >= 0.6 is 23.2 Å². The second-order valence-electron chi connectivity index (χ2n) is 3.89. The number of nitrogens with one attached hydrogen (secondary N) is 1. The lowest BCUT2D eigenvalue weighted by Crippen LogP contribution is -2.27. The molecule has 7 heteroatoms. The van der Waals surface area contributed by atoms with E-state index in [1.807, 2.05) is 0 Å². The molecule has 100 valence electrons. The van der Waals surface area contributed by atoms with Gasteiger partial charge in [-0.3, -0.25) is 9.48 Å². The van der Waals surface area contributed by atoms with Crippen molar-refractivity contribution in [2.24, 2.45) is 0 Å². The highest BCUT2D eigenvalue weighted by Crippen LogP contribution is 2.25. The van der Waals surface area contributed by atoms with Gasteiger partial charge in [-0.25, -0.2) is 0 Å². The number of carbonyl (C=O) groups excluding carboxylic acids is 1. The first-order valence-corrected chi connectivity index (χ1v) is 6.33. The number of halogens is 2. The average molecular weight is 299 g/mol. The summed E-state index contributed by atoms with van der Waals surface area (Å²) < 4.78 is 1.65. The number of aromatic nitrogens is 2. The van der Waals surface area contributed by atoms with Crippen LogP contribution < -0.4 is 11.1 Å². The Bertz CT molecular complexity index is 597. The van der Waals surface area contributed by atoms with Crippen molar-refractivity contribution in [1.82, 2.24) is 15.1 Å². The summed E-state index contributed by atoms with van der Waals surface area (Å²) in [5.41, 5.74) is 6.48. The maximum absolute atomic E-state index is 11.9. The number of anilines is 1. The Morgan fingerprint density at radius 3 is 2.89 bits per heavy atom. The lowest BCUT2D eigenvalue weighted by Gasteiger charge is -2.07. The minimum Gasteiger partial charge on any atom is -0.396 e. The third kappa shape index (κ3) is 3.39. The van der Waals surface area contributed by atoms with Crippen LogP contribution in [0.4, 0.5) is 5.69 Å². The lowest BCUT2D eigenvalue weighted by molar-refractivity contribution is 0.0952. The Kier molecular flexibility index (Phi) is 4.29. The van der Waals surface area contributed by atoms with Crippen LogP contribution in [0.3, 0.4) is 0 Å². The van der Waals surface area contributed by atoms with E-state index in [0.29, 0.717) is 29.4 Å². The first kappa shape index (κ1) is 13.7. The largest absolute Gasteiger partial charge is 0.396 e. The molecule has 0 aliphatic rings.